The van der Waals surface area contributed by atoms with Crippen molar-refractivity contribution in [2.75, 3.05) is 13.1 Å². The van der Waals surface area contributed by atoms with Crippen molar-refractivity contribution in [3.63, 3.8) is 0 Å². The summed E-state index contributed by atoms with van der Waals surface area (Å²) in [6, 6.07) is 10.2. The van der Waals surface area contributed by atoms with E-state index in [9.17, 15) is 4.79 Å². The summed E-state index contributed by atoms with van der Waals surface area (Å²) < 4.78 is 11.0. The molecule has 0 fully saturated rings. The van der Waals surface area contributed by atoms with Crippen LogP contribution in [0.3, 0.4) is 0 Å². The van der Waals surface area contributed by atoms with Crippen molar-refractivity contribution in [2.45, 2.75) is 58.5 Å². The van der Waals surface area contributed by atoms with Crippen molar-refractivity contribution in [3.05, 3.63) is 59.2 Å². The molecule has 1 amide bonds. The molecule has 4 rings (SSSR count). The predicted octanol–water partition coefficient (Wildman–Crippen LogP) is 4.30. The van der Waals surface area contributed by atoms with Gasteiger partial charge in [-0.1, -0.05) is 25.1 Å². The van der Waals surface area contributed by atoms with Gasteiger partial charge in [-0.2, -0.15) is 0 Å². The van der Waals surface area contributed by atoms with Crippen LogP contribution in [0.2, 0.25) is 0 Å². The molecule has 1 N–H and O–H groups in total. The van der Waals surface area contributed by atoms with E-state index >= 15 is 0 Å². The van der Waals surface area contributed by atoms with Crippen LogP contribution in [0.5, 0.6) is 0 Å². The molecule has 0 saturated heterocycles. The largest absolute Gasteiger partial charge is 0.459 e. The Kier molecular flexibility index (Phi) is 6.82. The Hall–Kier alpha value is -2.93. The topological polar surface area (TPSA) is 84.4 Å². The number of rotatable bonds is 9. The molecule has 1 aliphatic carbocycles. The van der Waals surface area contributed by atoms with Gasteiger partial charge in [0.25, 0.3) is 5.89 Å². The third kappa shape index (κ3) is 5.41. The van der Waals surface area contributed by atoms with Crippen LogP contribution in [0.25, 0.3) is 11.7 Å². The van der Waals surface area contributed by atoms with Gasteiger partial charge in [0.2, 0.25) is 11.8 Å². The summed E-state index contributed by atoms with van der Waals surface area (Å²) in [4.78, 5) is 14.8. The van der Waals surface area contributed by atoms with E-state index in [1.165, 1.54) is 30.4 Å². The van der Waals surface area contributed by atoms with Gasteiger partial charge in [0, 0.05) is 0 Å². The molecule has 2 aromatic heterocycles. The average molecular weight is 423 g/mol. The minimum Gasteiger partial charge on any atom is -0.459 e. The highest BCUT2D eigenvalue weighted by Crippen LogP contribution is 2.25. The van der Waals surface area contributed by atoms with Crippen molar-refractivity contribution >= 4 is 5.91 Å². The summed E-state index contributed by atoms with van der Waals surface area (Å²) >= 11 is 0. The molecule has 1 atom stereocenters. The first kappa shape index (κ1) is 21.3. The molecule has 0 unspecified atom stereocenters. The maximum atomic E-state index is 12.7. The van der Waals surface area contributed by atoms with Gasteiger partial charge in [-0.05, 0) is 74.4 Å². The number of nitrogens with zero attached hydrogens (tertiary/aromatic N) is 3. The number of aryl methyl sites for hydroxylation is 2. The second-order valence-corrected chi connectivity index (χ2v) is 8.21. The van der Waals surface area contributed by atoms with E-state index in [2.05, 4.69) is 40.6 Å². The fourth-order valence-electron chi connectivity index (χ4n) is 4.14. The van der Waals surface area contributed by atoms with Crippen molar-refractivity contribution in [2.24, 2.45) is 0 Å². The summed E-state index contributed by atoms with van der Waals surface area (Å²) in [5.74, 6) is 1.35. The number of carbonyl (C=O) groups excluding carboxylic acids is 1. The third-order valence-electron chi connectivity index (χ3n) is 5.71. The van der Waals surface area contributed by atoms with Crippen LogP contribution in [0.4, 0.5) is 0 Å². The fourth-order valence-corrected chi connectivity index (χ4v) is 4.14. The third-order valence-corrected chi connectivity index (χ3v) is 5.71. The van der Waals surface area contributed by atoms with Crippen LogP contribution in [0.15, 0.2) is 45.4 Å². The highest BCUT2D eigenvalue weighted by Gasteiger charge is 2.18. The number of hydrogen-bond acceptors (Lipinski definition) is 6. The van der Waals surface area contributed by atoms with Crippen molar-refractivity contribution in [1.82, 2.24) is 20.4 Å². The molecule has 31 heavy (non-hydrogen) atoms. The summed E-state index contributed by atoms with van der Waals surface area (Å²) in [5.41, 5.74) is 4.05. The van der Waals surface area contributed by atoms with Crippen LogP contribution in [0, 0.1) is 0 Å². The quantitative estimate of drug-likeness (QED) is 0.554. The molecule has 3 aromatic rings. The van der Waals surface area contributed by atoms with Crippen LogP contribution < -0.4 is 5.32 Å². The number of amides is 1. The van der Waals surface area contributed by atoms with Crippen molar-refractivity contribution in [3.8, 4) is 11.7 Å². The molecular formula is C24H30N4O3. The Morgan fingerprint density at radius 1 is 1.19 bits per heavy atom. The van der Waals surface area contributed by atoms with Crippen LogP contribution in [-0.2, 0) is 24.2 Å². The van der Waals surface area contributed by atoms with Gasteiger partial charge >= 0.3 is 0 Å². The highest BCUT2D eigenvalue weighted by molar-refractivity contribution is 5.78. The van der Waals surface area contributed by atoms with Gasteiger partial charge in [-0.3, -0.25) is 9.69 Å². The maximum absolute atomic E-state index is 12.7. The SMILES string of the molecule is CCCN(CC(=O)N[C@@H](C)c1ccc2c(c1)CCCC2)Cc1nnc(-c2ccco2)o1. The Morgan fingerprint density at radius 2 is 2.03 bits per heavy atom. The van der Waals surface area contributed by atoms with Gasteiger partial charge in [0.1, 0.15) is 0 Å². The van der Waals surface area contributed by atoms with Crippen LogP contribution >= 0.6 is 0 Å². The highest BCUT2D eigenvalue weighted by atomic mass is 16.4. The zero-order chi connectivity index (χ0) is 21.6. The second kappa shape index (κ2) is 9.92. The van der Waals surface area contributed by atoms with E-state index in [1.54, 1.807) is 18.4 Å². The van der Waals surface area contributed by atoms with Gasteiger partial charge in [0.15, 0.2) is 5.76 Å². The van der Waals surface area contributed by atoms with E-state index in [4.69, 9.17) is 8.83 Å². The number of benzene rings is 1. The lowest BCUT2D eigenvalue weighted by atomic mass is 9.89. The van der Waals surface area contributed by atoms with E-state index < -0.39 is 0 Å². The maximum Gasteiger partial charge on any atom is 0.283 e. The number of nitrogens with one attached hydrogen (secondary N) is 1. The van der Waals surface area contributed by atoms with Crippen LogP contribution in [0.1, 0.15) is 61.7 Å². The molecular weight excluding hydrogens is 392 g/mol. The second-order valence-electron chi connectivity index (χ2n) is 8.21. The molecule has 0 aliphatic heterocycles. The zero-order valence-corrected chi connectivity index (χ0v) is 18.3. The van der Waals surface area contributed by atoms with E-state index in [0.29, 0.717) is 24.1 Å². The van der Waals surface area contributed by atoms with Gasteiger partial charge in [-0.15, -0.1) is 10.2 Å². The molecule has 7 nitrogen and oxygen atoms in total. The minimum atomic E-state index is -0.0304. The van der Waals surface area contributed by atoms with Crippen LogP contribution in [-0.4, -0.2) is 34.1 Å². The molecule has 164 valence electrons. The smallest absolute Gasteiger partial charge is 0.283 e. The summed E-state index contributed by atoms with van der Waals surface area (Å²) in [5, 5.41) is 11.3. The van der Waals surface area contributed by atoms with Crippen molar-refractivity contribution < 1.29 is 13.6 Å². The minimum absolute atomic E-state index is 0.00977. The lowest BCUT2D eigenvalue weighted by Gasteiger charge is -2.22. The fraction of sp³-hybridized carbons (Fsp3) is 0.458. The summed E-state index contributed by atoms with van der Waals surface area (Å²) in [6.07, 6.45) is 7.32. The predicted molar refractivity (Wildman–Crippen MR) is 117 cm³/mol. The number of fused-ring (bicyclic) bond motifs is 1. The molecule has 1 aromatic carbocycles. The van der Waals surface area contributed by atoms with E-state index in [-0.39, 0.29) is 18.5 Å². The molecule has 2 heterocycles. The normalized spacial score (nSPS) is 14.4. The molecule has 1 aliphatic rings. The van der Waals surface area contributed by atoms with Gasteiger partial charge in [0.05, 0.1) is 25.4 Å². The molecule has 7 heteroatoms. The Morgan fingerprint density at radius 3 is 2.81 bits per heavy atom. The van der Waals surface area contributed by atoms with E-state index in [1.807, 2.05) is 11.8 Å². The summed E-state index contributed by atoms with van der Waals surface area (Å²) in [7, 11) is 0. The monoisotopic (exact) mass is 422 g/mol. The zero-order valence-electron chi connectivity index (χ0n) is 18.3. The molecule has 0 saturated carbocycles. The molecule has 0 bridgehead atoms. The van der Waals surface area contributed by atoms with E-state index in [0.717, 1.165) is 24.9 Å². The number of carbonyl (C=O) groups is 1. The molecule has 0 radical (unpaired) electrons. The first-order valence-electron chi connectivity index (χ1n) is 11.1. The first-order valence-corrected chi connectivity index (χ1v) is 11.1. The first-order chi connectivity index (χ1) is 15.1. The average Bonchev–Trinajstić information content (AvgIpc) is 3.45. The Bertz CT molecular complexity index is 996. The standard InChI is InChI=1S/C24H30N4O3/c1-3-12-28(16-23-26-27-24(31-23)21-9-6-13-30-21)15-22(29)25-17(2)19-11-10-18-7-4-5-8-20(18)14-19/h6,9-11,13-14,17H,3-5,7-8,12,15-16H2,1-2H3,(H,25,29)/t17-/m0/s1. The van der Waals surface area contributed by atoms with Crippen molar-refractivity contribution in [1.29, 1.82) is 0 Å². The molecule has 0 spiro atoms. The van der Waals surface area contributed by atoms with Gasteiger partial charge < -0.3 is 14.2 Å². The number of hydrogen-bond donors (Lipinski definition) is 1. The lowest BCUT2D eigenvalue weighted by Crippen LogP contribution is -2.38. The van der Waals surface area contributed by atoms with Gasteiger partial charge in [-0.25, -0.2) is 0 Å². The number of furan rings is 1. The summed E-state index contributed by atoms with van der Waals surface area (Å²) in [6.45, 7) is 5.59. The lowest BCUT2D eigenvalue weighted by molar-refractivity contribution is -0.123. The Labute approximate surface area is 182 Å². The Balaban J connectivity index is 1.35. The number of aromatic nitrogens is 2.